The minimum atomic E-state index is 0.0889. The van der Waals surface area contributed by atoms with Gasteiger partial charge in [0, 0.05) is 12.1 Å². The normalized spacial score (nSPS) is 33.4. The zero-order chi connectivity index (χ0) is 10.5. The lowest BCUT2D eigenvalue weighted by Gasteiger charge is -2.28. The van der Waals surface area contributed by atoms with Crippen LogP contribution in [0.5, 0.6) is 0 Å². The molecular weight excluding hydrogens is 190 g/mol. The summed E-state index contributed by atoms with van der Waals surface area (Å²) in [5, 5.41) is 3.66. The Bertz CT molecular complexity index is 180. The fourth-order valence-corrected chi connectivity index (χ4v) is 2.57. The quantitative estimate of drug-likeness (QED) is 0.775. The average molecular weight is 213 g/mol. The van der Waals surface area contributed by atoms with Gasteiger partial charge in [-0.3, -0.25) is 0 Å². The van der Waals surface area contributed by atoms with Gasteiger partial charge in [0.25, 0.3) is 0 Å². The van der Waals surface area contributed by atoms with E-state index in [9.17, 15) is 0 Å². The summed E-state index contributed by atoms with van der Waals surface area (Å²) in [5.41, 5.74) is 0. The Kier molecular flexibility index (Phi) is 4.42. The molecule has 0 aromatic heterocycles. The number of nitrogens with one attached hydrogen (secondary N) is 1. The molecule has 0 aliphatic carbocycles. The highest BCUT2D eigenvalue weighted by molar-refractivity contribution is 4.77. The molecule has 0 spiro atoms. The second-order valence-electron chi connectivity index (χ2n) is 4.80. The van der Waals surface area contributed by atoms with Crippen LogP contribution < -0.4 is 5.32 Å². The van der Waals surface area contributed by atoms with Crippen molar-refractivity contribution in [1.29, 1.82) is 0 Å². The smallest absolute Gasteiger partial charge is 0.157 e. The first-order valence-electron chi connectivity index (χ1n) is 6.34. The average Bonchev–Trinajstić information content (AvgIpc) is 2.71. The maximum absolute atomic E-state index is 5.42. The maximum Gasteiger partial charge on any atom is 0.157 e. The zero-order valence-corrected chi connectivity index (χ0v) is 9.71. The van der Waals surface area contributed by atoms with Gasteiger partial charge >= 0.3 is 0 Å². The van der Waals surface area contributed by atoms with Crippen molar-refractivity contribution in [2.24, 2.45) is 0 Å². The van der Waals surface area contributed by atoms with Gasteiger partial charge in [0.2, 0.25) is 0 Å². The van der Waals surface area contributed by atoms with E-state index in [1.807, 2.05) is 0 Å². The second-order valence-corrected chi connectivity index (χ2v) is 4.80. The van der Waals surface area contributed by atoms with Gasteiger partial charge in [-0.05, 0) is 39.0 Å². The van der Waals surface area contributed by atoms with Crippen LogP contribution in [-0.4, -0.2) is 31.6 Å². The molecule has 0 bridgehead atoms. The Morgan fingerprint density at radius 1 is 1.13 bits per heavy atom. The van der Waals surface area contributed by atoms with Crippen LogP contribution in [0.1, 0.15) is 45.4 Å². The van der Waals surface area contributed by atoms with Crippen molar-refractivity contribution in [1.82, 2.24) is 5.32 Å². The molecule has 3 heteroatoms. The molecule has 1 N–H and O–H groups in total. The van der Waals surface area contributed by atoms with Gasteiger partial charge in [-0.2, -0.15) is 0 Å². The zero-order valence-electron chi connectivity index (χ0n) is 9.71. The molecular formula is C12H23NO2. The van der Waals surface area contributed by atoms with Crippen molar-refractivity contribution in [3.05, 3.63) is 0 Å². The first kappa shape index (κ1) is 11.4. The standard InChI is InChI=1S/C12H23NO2/c1-10-4-2-5-11(13-10)6-3-7-12-14-8-9-15-12/h10-13H,2-9H2,1H3. The Labute approximate surface area is 92.5 Å². The Balaban J connectivity index is 1.56. The highest BCUT2D eigenvalue weighted by Gasteiger charge is 2.19. The number of hydrogen-bond donors (Lipinski definition) is 1. The van der Waals surface area contributed by atoms with Crippen LogP contribution in [-0.2, 0) is 9.47 Å². The summed E-state index contributed by atoms with van der Waals surface area (Å²) in [4.78, 5) is 0. The number of hydrogen-bond acceptors (Lipinski definition) is 3. The molecule has 2 atom stereocenters. The summed E-state index contributed by atoms with van der Waals surface area (Å²) >= 11 is 0. The lowest BCUT2D eigenvalue weighted by molar-refractivity contribution is -0.0483. The van der Waals surface area contributed by atoms with E-state index >= 15 is 0 Å². The minimum Gasteiger partial charge on any atom is -0.350 e. The van der Waals surface area contributed by atoms with E-state index in [0.29, 0.717) is 6.04 Å². The fourth-order valence-electron chi connectivity index (χ4n) is 2.57. The second kappa shape index (κ2) is 5.83. The van der Waals surface area contributed by atoms with Gasteiger partial charge in [0.05, 0.1) is 13.2 Å². The maximum atomic E-state index is 5.42. The van der Waals surface area contributed by atoms with Crippen LogP contribution >= 0.6 is 0 Å². The van der Waals surface area contributed by atoms with Crippen LogP contribution in [0.15, 0.2) is 0 Å². The fraction of sp³-hybridized carbons (Fsp3) is 1.00. The van der Waals surface area contributed by atoms with Crippen molar-refractivity contribution in [2.75, 3.05) is 13.2 Å². The van der Waals surface area contributed by atoms with Crippen LogP contribution in [0.4, 0.5) is 0 Å². The molecule has 2 fully saturated rings. The molecule has 2 aliphatic rings. The molecule has 0 amide bonds. The summed E-state index contributed by atoms with van der Waals surface area (Å²) < 4.78 is 10.8. The van der Waals surface area contributed by atoms with E-state index in [2.05, 4.69) is 12.2 Å². The molecule has 2 saturated heterocycles. The molecule has 15 heavy (non-hydrogen) atoms. The van der Waals surface area contributed by atoms with E-state index in [1.54, 1.807) is 0 Å². The third-order valence-electron chi connectivity index (χ3n) is 3.39. The van der Waals surface area contributed by atoms with Gasteiger partial charge < -0.3 is 14.8 Å². The van der Waals surface area contributed by atoms with Gasteiger partial charge in [0.15, 0.2) is 6.29 Å². The Hall–Kier alpha value is -0.120. The Morgan fingerprint density at radius 3 is 2.67 bits per heavy atom. The molecule has 88 valence electrons. The molecule has 2 aliphatic heterocycles. The van der Waals surface area contributed by atoms with Gasteiger partial charge in [-0.1, -0.05) is 6.42 Å². The highest BCUT2D eigenvalue weighted by Crippen LogP contribution is 2.18. The molecule has 0 aromatic carbocycles. The molecule has 2 rings (SSSR count). The number of piperidine rings is 1. The third-order valence-corrected chi connectivity index (χ3v) is 3.39. The summed E-state index contributed by atoms with van der Waals surface area (Å²) in [6.07, 6.45) is 7.71. The molecule has 0 saturated carbocycles. The summed E-state index contributed by atoms with van der Waals surface area (Å²) in [6.45, 7) is 3.85. The largest absolute Gasteiger partial charge is 0.350 e. The first-order valence-corrected chi connectivity index (χ1v) is 6.34. The number of rotatable bonds is 4. The predicted octanol–water partition coefficient (Wildman–Crippen LogP) is 2.06. The molecule has 0 radical (unpaired) electrons. The van der Waals surface area contributed by atoms with Crippen LogP contribution in [0.2, 0.25) is 0 Å². The van der Waals surface area contributed by atoms with Gasteiger partial charge in [-0.25, -0.2) is 0 Å². The Morgan fingerprint density at radius 2 is 1.93 bits per heavy atom. The molecule has 0 aromatic rings. The first-order chi connectivity index (χ1) is 7.34. The highest BCUT2D eigenvalue weighted by atomic mass is 16.7. The molecule has 3 nitrogen and oxygen atoms in total. The van der Waals surface area contributed by atoms with Crippen molar-refractivity contribution >= 4 is 0 Å². The summed E-state index contributed by atoms with van der Waals surface area (Å²) in [7, 11) is 0. The monoisotopic (exact) mass is 213 g/mol. The third kappa shape index (κ3) is 3.74. The topological polar surface area (TPSA) is 30.5 Å². The van der Waals surface area contributed by atoms with E-state index in [-0.39, 0.29) is 6.29 Å². The van der Waals surface area contributed by atoms with E-state index in [1.165, 1.54) is 32.1 Å². The summed E-state index contributed by atoms with van der Waals surface area (Å²) in [5.74, 6) is 0. The van der Waals surface area contributed by atoms with Crippen LogP contribution in [0.25, 0.3) is 0 Å². The minimum absolute atomic E-state index is 0.0889. The van der Waals surface area contributed by atoms with Crippen molar-refractivity contribution in [2.45, 2.75) is 63.8 Å². The molecule has 2 heterocycles. The lowest BCUT2D eigenvalue weighted by atomic mass is 9.96. The predicted molar refractivity (Wildman–Crippen MR) is 59.8 cm³/mol. The van der Waals surface area contributed by atoms with Crippen LogP contribution in [0, 0.1) is 0 Å². The SMILES string of the molecule is CC1CCCC(CCCC2OCCO2)N1. The number of ether oxygens (including phenoxy) is 2. The van der Waals surface area contributed by atoms with E-state index in [4.69, 9.17) is 9.47 Å². The lowest BCUT2D eigenvalue weighted by Crippen LogP contribution is -2.40. The van der Waals surface area contributed by atoms with Gasteiger partial charge in [-0.15, -0.1) is 0 Å². The summed E-state index contributed by atoms with van der Waals surface area (Å²) in [6, 6.07) is 1.44. The van der Waals surface area contributed by atoms with E-state index < -0.39 is 0 Å². The van der Waals surface area contributed by atoms with E-state index in [0.717, 1.165) is 25.7 Å². The van der Waals surface area contributed by atoms with Crippen molar-refractivity contribution in [3.63, 3.8) is 0 Å². The van der Waals surface area contributed by atoms with Crippen LogP contribution in [0.3, 0.4) is 0 Å². The van der Waals surface area contributed by atoms with Crippen molar-refractivity contribution in [3.8, 4) is 0 Å². The molecule has 2 unspecified atom stereocenters. The van der Waals surface area contributed by atoms with Gasteiger partial charge in [0.1, 0.15) is 0 Å². The van der Waals surface area contributed by atoms with Crippen molar-refractivity contribution < 1.29 is 9.47 Å².